The standard InChI is InChI=1S/C17H20BrClNO3P/c1-3-22-24(21,23-4-2)17(13-5-7-14(18)8-6-13)20-16-11-9-15(19)10-12-16/h5-12,17,20H,3-4H2,1-2H3/t17-/m0/s1. The van der Waals surface area contributed by atoms with Crippen molar-refractivity contribution in [2.75, 3.05) is 18.5 Å². The lowest BCUT2D eigenvalue weighted by molar-refractivity contribution is 0.214. The molecule has 24 heavy (non-hydrogen) atoms. The summed E-state index contributed by atoms with van der Waals surface area (Å²) in [5.74, 6) is -0.619. The normalized spacial score (nSPS) is 12.8. The summed E-state index contributed by atoms with van der Waals surface area (Å²) in [4.78, 5) is 0. The van der Waals surface area contributed by atoms with E-state index in [-0.39, 0.29) is 0 Å². The lowest BCUT2D eigenvalue weighted by Gasteiger charge is -2.28. The Morgan fingerprint density at radius 1 is 1.04 bits per heavy atom. The van der Waals surface area contributed by atoms with Gasteiger partial charge in [0.1, 0.15) is 0 Å². The average Bonchev–Trinajstić information content (AvgIpc) is 2.56. The van der Waals surface area contributed by atoms with Crippen LogP contribution in [0.25, 0.3) is 0 Å². The molecule has 0 aliphatic carbocycles. The second-order valence-corrected chi connectivity index (χ2v) is 8.45. The molecule has 0 amide bonds. The van der Waals surface area contributed by atoms with Gasteiger partial charge in [-0.25, -0.2) is 0 Å². The summed E-state index contributed by atoms with van der Waals surface area (Å²) < 4.78 is 25.4. The zero-order valence-corrected chi connectivity index (χ0v) is 16.8. The van der Waals surface area contributed by atoms with Gasteiger partial charge in [-0.15, -0.1) is 0 Å². The van der Waals surface area contributed by atoms with E-state index >= 15 is 0 Å². The Bertz CT molecular complexity index is 684. The Hall–Kier alpha value is -0.840. The molecular weight excluding hydrogens is 413 g/mol. The Morgan fingerprint density at radius 3 is 2.08 bits per heavy atom. The van der Waals surface area contributed by atoms with Gasteiger partial charge in [-0.2, -0.15) is 0 Å². The van der Waals surface area contributed by atoms with Gasteiger partial charge in [0.15, 0.2) is 5.78 Å². The van der Waals surface area contributed by atoms with E-state index in [0.717, 1.165) is 15.7 Å². The highest BCUT2D eigenvalue weighted by Gasteiger charge is 2.37. The second-order valence-electron chi connectivity index (χ2n) is 4.98. The largest absolute Gasteiger partial charge is 0.368 e. The van der Waals surface area contributed by atoms with Gasteiger partial charge in [0.2, 0.25) is 0 Å². The fourth-order valence-corrected chi connectivity index (χ4v) is 4.57. The van der Waals surface area contributed by atoms with Crippen LogP contribution in [0.1, 0.15) is 25.2 Å². The van der Waals surface area contributed by atoms with E-state index in [1.165, 1.54) is 0 Å². The maximum Gasteiger partial charge on any atom is 0.357 e. The third-order valence-electron chi connectivity index (χ3n) is 3.27. The van der Waals surface area contributed by atoms with Crippen molar-refractivity contribution in [2.45, 2.75) is 19.6 Å². The number of benzene rings is 2. The lowest BCUT2D eigenvalue weighted by Crippen LogP contribution is -2.15. The van der Waals surface area contributed by atoms with E-state index in [1.807, 2.05) is 36.4 Å². The molecule has 0 bridgehead atoms. The molecule has 0 aromatic heterocycles. The molecule has 0 heterocycles. The Morgan fingerprint density at radius 2 is 1.58 bits per heavy atom. The van der Waals surface area contributed by atoms with Crippen LogP contribution >= 0.6 is 35.1 Å². The molecule has 0 radical (unpaired) electrons. The van der Waals surface area contributed by atoms with Crippen molar-refractivity contribution >= 4 is 40.8 Å². The third kappa shape index (κ3) is 5.08. The number of hydrogen-bond acceptors (Lipinski definition) is 4. The molecule has 0 aliphatic rings. The fraction of sp³-hybridized carbons (Fsp3) is 0.294. The van der Waals surface area contributed by atoms with Crippen molar-refractivity contribution in [2.24, 2.45) is 0 Å². The van der Waals surface area contributed by atoms with Crippen LogP contribution in [-0.2, 0) is 13.6 Å². The Balaban J connectivity index is 2.41. The summed E-state index contributed by atoms with van der Waals surface area (Å²) in [5, 5.41) is 3.90. The zero-order chi connectivity index (χ0) is 17.6. The average molecular weight is 433 g/mol. The molecular formula is C17H20BrClNO3P. The first-order valence-electron chi connectivity index (χ1n) is 7.65. The highest BCUT2D eigenvalue weighted by Crippen LogP contribution is 2.60. The van der Waals surface area contributed by atoms with Crippen molar-refractivity contribution in [3.05, 3.63) is 63.6 Å². The molecule has 2 rings (SSSR count). The van der Waals surface area contributed by atoms with Crippen molar-refractivity contribution in [3.63, 3.8) is 0 Å². The summed E-state index contributed by atoms with van der Waals surface area (Å²) in [7, 11) is -3.40. The monoisotopic (exact) mass is 431 g/mol. The Kier molecular flexibility index (Phi) is 7.33. The van der Waals surface area contributed by atoms with Gasteiger partial charge >= 0.3 is 7.60 Å². The molecule has 2 aromatic carbocycles. The minimum atomic E-state index is -3.40. The van der Waals surface area contributed by atoms with Gasteiger partial charge in [-0.1, -0.05) is 39.7 Å². The highest BCUT2D eigenvalue weighted by atomic mass is 79.9. The first-order valence-corrected chi connectivity index (χ1v) is 10.4. The van der Waals surface area contributed by atoms with Crippen LogP contribution in [0.15, 0.2) is 53.0 Å². The topological polar surface area (TPSA) is 47.6 Å². The first-order chi connectivity index (χ1) is 11.5. The predicted molar refractivity (Wildman–Crippen MR) is 103 cm³/mol. The molecule has 0 saturated heterocycles. The SMILES string of the molecule is CCOP(=O)(OCC)[C@H](Nc1ccc(Cl)cc1)c1ccc(Br)cc1. The van der Waals surface area contributed by atoms with Crippen LogP contribution in [0.3, 0.4) is 0 Å². The minimum absolute atomic E-state index is 0.298. The third-order valence-corrected chi connectivity index (χ3v) is 6.34. The fourth-order valence-electron chi connectivity index (χ4n) is 2.24. The van der Waals surface area contributed by atoms with Crippen LogP contribution in [0, 0.1) is 0 Å². The van der Waals surface area contributed by atoms with E-state index in [1.54, 1.807) is 26.0 Å². The molecule has 2 aromatic rings. The van der Waals surface area contributed by atoms with Gasteiger partial charge in [-0.05, 0) is 55.8 Å². The van der Waals surface area contributed by atoms with E-state index in [2.05, 4.69) is 21.2 Å². The molecule has 0 saturated carbocycles. The highest BCUT2D eigenvalue weighted by molar-refractivity contribution is 9.10. The van der Waals surface area contributed by atoms with Crippen molar-refractivity contribution in [1.82, 2.24) is 0 Å². The number of halogens is 2. The van der Waals surface area contributed by atoms with Gasteiger partial charge in [0.25, 0.3) is 0 Å². The number of hydrogen-bond donors (Lipinski definition) is 1. The quantitative estimate of drug-likeness (QED) is 0.485. The van der Waals surface area contributed by atoms with Crippen LogP contribution in [-0.4, -0.2) is 13.2 Å². The molecule has 0 aliphatic heterocycles. The maximum absolute atomic E-state index is 13.3. The van der Waals surface area contributed by atoms with Gasteiger partial charge in [0.05, 0.1) is 13.2 Å². The summed E-state index contributed by atoms with van der Waals surface area (Å²) in [6.07, 6.45) is 0. The summed E-state index contributed by atoms with van der Waals surface area (Å²) >= 11 is 9.35. The summed E-state index contributed by atoms with van der Waals surface area (Å²) in [6, 6.07) is 14.8. The van der Waals surface area contributed by atoms with Crippen molar-refractivity contribution in [3.8, 4) is 0 Å². The van der Waals surface area contributed by atoms with Gasteiger partial charge in [-0.3, -0.25) is 4.57 Å². The molecule has 0 unspecified atom stereocenters. The predicted octanol–water partition coefficient (Wildman–Crippen LogP) is 6.48. The Labute approximate surface area is 156 Å². The zero-order valence-electron chi connectivity index (χ0n) is 13.5. The van der Waals surface area contributed by atoms with Crippen LogP contribution in [0.2, 0.25) is 5.02 Å². The number of nitrogens with one attached hydrogen (secondary N) is 1. The van der Waals surface area contributed by atoms with E-state index in [4.69, 9.17) is 20.6 Å². The van der Waals surface area contributed by atoms with Crippen LogP contribution in [0.4, 0.5) is 5.69 Å². The van der Waals surface area contributed by atoms with E-state index < -0.39 is 13.4 Å². The van der Waals surface area contributed by atoms with Crippen molar-refractivity contribution < 1.29 is 13.6 Å². The molecule has 130 valence electrons. The van der Waals surface area contributed by atoms with Gasteiger partial charge < -0.3 is 14.4 Å². The lowest BCUT2D eigenvalue weighted by atomic mass is 10.2. The molecule has 0 fully saturated rings. The molecule has 7 heteroatoms. The van der Waals surface area contributed by atoms with Crippen LogP contribution in [0.5, 0.6) is 0 Å². The molecule has 4 nitrogen and oxygen atoms in total. The van der Waals surface area contributed by atoms with E-state index in [0.29, 0.717) is 18.2 Å². The summed E-state index contributed by atoms with van der Waals surface area (Å²) in [5.41, 5.74) is 1.60. The number of rotatable bonds is 8. The van der Waals surface area contributed by atoms with Gasteiger partial charge in [0, 0.05) is 15.2 Å². The smallest absolute Gasteiger partial charge is 0.357 e. The molecule has 0 spiro atoms. The van der Waals surface area contributed by atoms with E-state index in [9.17, 15) is 4.57 Å². The van der Waals surface area contributed by atoms with Crippen molar-refractivity contribution in [1.29, 1.82) is 0 Å². The number of anilines is 1. The molecule has 1 atom stereocenters. The second kappa shape index (κ2) is 9.02. The minimum Gasteiger partial charge on any atom is -0.368 e. The van der Waals surface area contributed by atoms with Crippen LogP contribution < -0.4 is 5.32 Å². The maximum atomic E-state index is 13.3. The summed E-state index contributed by atoms with van der Waals surface area (Å²) in [6.45, 7) is 4.19. The molecule has 1 N–H and O–H groups in total. The first kappa shape index (κ1) is 19.5.